The lowest BCUT2D eigenvalue weighted by Gasteiger charge is -2.09. The fraction of sp³-hybridized carbons (Fsp3) is 0.308. The first-order valence-electron chi connectivity index (χ1n) is 6.13. The number of rotatable bonds is 1. The Morgan fingerprint density at radius 3 is 2.78 bits per heavy atom. The third-order valence-electron chi connectivity index (χ3n) is 3.09. The lowest BCUT2D eigenvalue weighted by Crippen LogP contribution is -2.26. The smallest absolute Gasteiger partial charge is 0.281 e. The topological polar surface area (TPSA) is 59.8 Å². The van der Waals surface area contributed by atoms with Crippen molar-refractivity contribution in [3.05, 3.63) is 40.7 Å². The van der Waals surface area contributed by atoms with Crippen LogP contribution in [0.1, 0.15) is 12.8 Å². The lowest BCUT2D eigenvalue weighted by atomic mass is 10.2. The minimum atomic E-state index is -0.0689. The summed E-state index contributed by atoms with van der Waals surface area (Å²) in [5, 5.41) is 11.3. The maximum absolute atomic E-state index is 12.4. The number of fused-ring (bicyclic) bond motifs is 1. The van der Waals surface area contributed by atoms with Crippen LogP contribution >= 0.6 is 0 Å². The Morgan fingerprint density at radius 1 is 1.11 bits per heavy atom. The van der Waals surface area contributed by atoms with Crippen LogP contribution in [0.25, 0.3) is 11.3 Å². The zero-order valence-electron chi connectivity index (χ0n) is 9.97. The third-order valence-corrected chi connectivity index (χ3v) is 3.09. The van der Waals surface area contributed by atoms with Crippen molar-refractivity contribution in [3.8, 4) is 11.3 Å². The van der Waals surface area contributed by atoms with Crippen molar-refractivity contribution in [2.45, 2.75) is 19.4 Å². The quantitative estimate of drug-likeness (QED) is 0.823. The number of aromatic nitrogens is 3. The molecule has 0 fully saturated rings. The second-order valence-corrected chi connectivity index (χ2v) is 4.33. The molecule has 1 aliphatic heterocycles. The van der Waals surface area contributed by atoms with Crippen LogP contribution in [-0.4, -0.2) is 21.3 Å². The van der Waals surface area contributed by atoms with Gasteiger partial charge in [0.25, 0.3) is 5.56 Å². The van der Waals surface area contributed by atoms with Crippen LogP contribution in [0.5, 0.6) is 0 Å². The van der Waals surface area contributed by atoms with Gasteiger partial charge in [-0.3, -0.25) is 9.36 Å². The highest BCUT2D eigenvalue weighted by Gasteiger charge is 2.14. The highest BCUT2D eigenvalue weighted by atomic mass is 16.1. The van der Waals surface area contributed by atoms with E-state index >= 15 is 0 Å². The molecule has 0 atom stereocenters. The lowest BCUT2D eigenvalue weighted by molar-refractivity contribution is 0.624. The molecular weight excluding hydrogens is 228 g/mol. The molecule has 0 radical (unpaired) electrons. The zero-order chi connectivity index (χ0) is 12.4. The molecule has 5 nitrogen and oxygen atoms in total. The van der Waals surface area contributed by atoms with E-state index < -0.39 is 0 Å². The Bertz CT molecular complexity index is 606. The van der Waals surface area contributed by atoms with Crippen LogP contribution in [0.15, 0.2) is 35.1 Å². The summed E-state index contributed by atoms with van der Waals surface area (Å²) in [7, 11) is 0. The Labute approximate surface area is 104 Å². The van der Waals surface area contributed by atoms with Crippen molar-refractivity contribution in [2.24, 2.45) is 0 Å². The zero-order valence-corrected chi connectivity index (χ0v) is 9.97. The first-order valence-corrected chi connectivity index (χ1v) is 6.13. The van der Waals surface area contributed by atoms with Crippen molar-refractivity contribution in [1.29, 1.82) is 0 Å². The highest BCUT2D eigenvalue weighted by molar-refractivity contribution is 5.57. The SMILES string of the molecule is O=c1c(-c2ccccc2)nnc2n1CCCCN2. The standard InChI is InChI=1S/C13H14N4O/c18-12-11(10-6-2-1-3-7-10)15-16-13-14-8-4-5-9-17(12)13/h1-3,6-7H,4-5,8-9H2,(H,14,16). The summed E-state index contributed by atoms with van der Waals surface area (Å²) in [5.74, 6) is 0.581. The molecule has 1 aromatic heterocycles. The number of benzene rings is 1. The Hall–Kier alpha value is -2.17. The van der Waals surface area contributed by atoms with E-state index in [1.165, 1.54) is 0 Å². The van der Waals surface area contributed by atoms with E-state index in [1.807, 2.05) is 30.3 Å². The van der Waals surface area contributed by atoms with E-state index in [9.17, 15) is 4.79 Å². The van der Waals surface area contributed by atoms with E-state index in [1.54, 1.807) is 4.57 Å². The van der Waals surface area contributed by atoms with Gasteiger partial charge in [0.05, 0.1) is 0 Å². The first kappa shape index (κ1) is 11.0. The van der Waals surface area contributed by atoms with Crippen molar-refractivity contribution in [2.75, 3.05) is 11.9 Å². The van der Waals surface area contributed by atoms with Gasteiger partial charge in [-0.2, -0.15) is 0 Å². The van der Waals surface area contributed by atoms with Gasteiger partial charge in [-0.25, -0.2) is 0 Å². The molecule has 1 aromatic carbocycles. The molecular formula is C13H14N4O. The van der Waals surface area contributed by atoms with Gasteiger partial charge in [0.1, 0.15) is 0 Å². The van der Waals surface area contributed by atoms with Gasteiger partial charge < -0.3 is 5.32 Å². The Balaban J connectivity index is 2.14. The maximum atomic E-state index is 12.4. The summed E-state index contributed by atoms with van der Waals surface area (Å²) in [6.45, 7) is 1.55. The number of nitrogens with one attached hydrogen (secondary N) is 1. The van der Waals surface area contributed by atoms with Gasteiger partial charge in [-0.15, -0.1) is 10.2 Å². The Morgan fingerprint density at radius 2 is 1.94 bits per heavy atom. The fourth-order valence-corrected chi connectivity index (χ4v) is 2.13. The predicted molar refractivity (Wildman–Crippen MR) is 69.5 cm³/mol. The van der Waals surface area contributed by atoms with Crippen molar-refractivity contribution >= 4 is 5.95 Å². The van der Waals surface area contributed by atoms with E-state index in [0.29, 0.717) is 18.2 Å². The fourth-order valence-electron chi connectivity index (χ4n) is 2.13. The maximum Gasteiger partial charge on any atom is 0.281 e. The van der Waals surface area contributed by atoms with Gasteiger partial charge >= 0.3 is 0 Å². The van der Waals surface area contributed by atoms with Crippen LogP contribution in [0.2, 0.25) is 0 Å². The van der Waals surface area contributed by atoms with Crippen LogP contribution < -0.4 is 10.9 Å². The molecule has 0 saturated carbocycles. The van der Waals surface area contributed by atoms with Gasteiger partial charge in [-0.1, -0.05) is 30.3 Å². The first-order chi connectivity index (χ1) is 8.86. The molecule has 0 unspecified atom stereocenters. The average Bonchev–Trinajstić information content (AvgIpc) is 2.66. The molecule has 18 heavy (non-hydrogen) atoms. The summed E-state index contributed by atoms with van der Waals surface area (Å²) >= 11 is 0. The van der Waals surface area contributed by atoms with Gasteiger partial charge in [0.2, 0.25) is 5.95 Å². The molecule has 2 heterocycles. The number of hydrogen-bond acceptors (Lipinski definition) is 4. The molecule has 1 aliphatic rings. The second kappa shape index (κ2) is 4.60. The average molecular weight is 242 g/mol. The summed E-state index contributed by atoms with van der Waals surface area (Å²) in [6, 6.07) is 9.46. The van der Waals surface area contributed by atoms with Crippen LogP contribution in [0.3, 0.4) is 0 Å². The highest BCUT2D eigenvalue weighted by Crippen LogP contribution is 2.14. The van der Waals surface area contributed by atoms with Crippen LogP contribution in [0, 0.1) is 0 Å². The van der Waals surface area contributed by atoms with Crippen molar-refractivity contribution < 1.29 is 0 Å². The molecule has 5 heteroatoms. The van der Waals surface area contributed by atoms with Gasteiger partial charge in [0.15, 0.2) is 5.69 Å². The third kappa shape index (κ3) is 1.88. The molecule has 1 N–H and O–H groups in total. The summed E-state index contributed by atoms with van der Waals surface area (Å²) in [5.41, 5.74) is 1.16. The van der Waals surface area contributed by atoms with Crippen LogP contribution in [0.4, 0.5) is 5.95 Å². The molecule has 0 saturated heterocycles. The molecule has 92 valence electrons. The molecule has 2 aromatic rings. The Kier molecular flexibility index (Phi) is 2.80. The summed E-state index contributed by atoms with van der Waals surface area (Å²) < 4.78 is 1.68. The van der Waals surface area contributed by atoms with E-state index in [-0.39, 0.29) is 5.56 Å². The van der Waals surface area contributed by atoms with E-state index in [2.05, 4.69) is 15.5 Å². The van der Waals surface area contributed by atoms with Gasteiger partial charge in [0, 0.05) is 18.7 Å². The van der Waals surface area contributed by atoms with Crippen molar-refractivity contribution in [1.82, 2.24) is 14.8 Å². The summed E-state index contributed by atoms with van der Waals surface area (Å²) in [6.07, 6.45) is 2.03. The molecule has 0 amide bonds. The second-order valence-electron chi connectivity index (χ2n) is 4.33. The monoisotopic (exact) mass is 242 g/mol. The normalized spacial score (nSPS) is 14.4. The van der Waals surface area contributed by atoms with Crippen LogP contribution in [-0.2, 0) is 6.54 Å². The minimum Gasteiger partial charge on any atom is -0.354 e. The molecule has 0 bridgehead atoms. The van der Waals surface area contributed by atoms with Gasteiger partial charge in [-0.05, 0) is 12.8 Å². The minimum absolute atomic E-state index is 0.0689. The number of nitrogens with zero attached hydrogens (tertiary/aromatic N) is 3. The van der Waals surface area contributed by atoms with Crippen molar-refractivity contribution in [3.63, 3.8) is 0 Å². The number of anilines is 1. The predicted octanol–water partition coefficient (Wildman–Crippen LogP) is 1.51. The molecule has 0 spiro atoms. The number of hydrogen-bond donors (Lipinski definition) is 1. The molecule has 3 rings (SSSR count). The van der Waals surface area contributed by atoms with E-state index in [4.69, 9.17) is 0 Å². The molecule has 0 aliphatic carbocycles. The largest absolute Gasteiger partial charge is 0.354 e. The van der Waals surface area contributed by atoms with E-state index in [0.717, 1.165) is 24.9 Å². The summed E-state index contributed by atoms with van der Waals surface area (Å²) in [4.78, 5) is 12.4.